The number of nitrogens with zero attached hydrogens (tertiary/aromatic N) is 3. The molecule has 0 amide bonds. The number of halogens is 1. The summed E-state index contributed by atoms with van der Waals surface area (Å²) in [6.07, 6.45) is 6.17. The average molecular weight is 419 g/mol. The van der Waals surface area contributed by atoms with Gasteiger partial charge in [0.2, 0.25) is 0 Å². The second kappa shape index (κ2) is 9.55. The number of rotatable bonds is 8. The third-order valence-electron chi connectivity index (χ3n) is 4.90. The highest BCUT2D eigenvalue weighted by molar-refractivity contribution is 6.31. The predicted octanol–water partition coefficient (Wildman–Crippen LogP) is 5.32. The van der Waals surface area contributed by atoms with Crippen LogP contribution < -0.4 is 10.1 Å². The van der Waals surface area contributed by atoms with Gasteiger partial charge in [-0.05, 0) is 54.4 Å². The third-order valence-corrected chi connectivity index (χ3v) is 5.14. The minimum Gasteiger partial charge on any atom is -0.497 e. The first-order valence-electron chi connectivity index (χ1n) is 9.93. The minimum absolute atomic E-state index is 0.693. The van der Waals surface area contributed by atoms with E-state index in [-0.39, 0.29) is 0 Å². The highest BCUT2D eigenvalue weighted by Gasteiger charge is 2.04. The number of fused-ring (bicyclic) bond motifs is 1. The second-order valence-electron chi connectivity index (χ2n) is 7.04. The van der Waals surface area contributed by atoms with Gasteiger partial charge in [0.15, 0.2) is 0 Å². The number of hydrogen-bond acceptors (Lipinski definition) is 5. The van der Waals surface area contributed by atoms with Gasteiger partial charge < -0.3 is 10.1 Å². The van der Waals surface area contributed by atoms with Gasteiger partial charge in [-0.2, -0.15) is 0 Å². The Hall–Kier alpha value is -3.18. The van der Waals surface area contributed by atoms with Crippen LogP contribution in [0.25, 0.3) is 10.9 Å². The van der Waals surface area contributed by atoms with Crippen LogP contribution in [-0.2, 0) is 12.8 Å². The molecule has 0 aliphatic carbocycles. The Morgan fingerprint density at radius 1 is 0.967 bits per heavy atom. The average Bonchev–Trinajstić information content (AvgIpc) is 2.77. The fourth-order valence-electron chi connectivity index (χ4n) is 3.36. The van der Waals surface area contributed by atoms with Crippen molar-refractivity contribution in [3.05, 3.63) is 89.1 Å². The van der Waals surface area contributed by atoms with E-state index in [9.17, 15) is 0 Å². The first-order chi connectivity index (χ1) is 14.7. The van der Waals surface area contributed by atoms with Crippen molar-refractivity contribution in [1.82, 2.24) is 15.0 Å². The van der Waals surface area contributed by atoms with Crippen LogP contribution in [-0.4, -0.2) is 28.6 Å². The molecule has 4 aromatic rings. The van der Waals surface area contributed by atoms with Crippen LogP contribution in [0.1, 0.15) is 23.5 Å². The van der Waals surface area contributed by atoms with Crippen LogP contribution in [0.5, 0.6) is 5.75 Å². The van der Waals surface area contributed by atoms with Crippen LogP contribution in [0.15, 0.2) is 67.0 Å². The molecule has 0 aliphatic rings. The quantitative estimate of drug-likeness (QED) is 0.392. The summed E-state index contributed by atoms with van der Waals surface area (Å²) in [6, 6.07) is 17.8. The third kappa shape index (κ3) is 5.05. The van der Waals surface area contributed by atoms with Crippen molar-refractivity contribution in [1.29, 1.82) is 0 Å². The van der Waals surface area contributed by atoms with Crippen molar-refractivity contribution < 1.29 is 4.74 Å². The van der Waals surface area contributed by atoms with Crippen LogP contribution in [0, 0.1) is 0 Å². The van der Waals surface area contributed by atoms with E-state index in [0.29, 0.717) is 5.02 Å². The predicted molar refractivity (Wildman–Crippen MR) is 121 cm³/mol. The molecule has 0 saturated carbocycles. The number of benzene rings is 2. The van der Waals surface area contributed by atoms with E-state index in [2.05, 4.69) is 27.4 Å². The number of aryl methyl sites for hydroxylation is 1. The first kappa shape index (κ1) is 20.1. The first-order valence-corrected chi connectivity index (χ1v) is 10.3. The minimum atomic E-state index is 0.693. The summed E-state index contributed by atoms with van der Waals surface area (Å²) in [6.45, 7) is 0.827. The Kier molecular flexibility index (Phi) is 6.40. The summed E-state index contributed by atoms with van der Waals surface area (Å²) in [5, 5.41) is 5.25. The van der Waals surface area contributed by atoms with Crippen molar-refractivity contribution in [2.75, 3.05) is 19.0 Å². The molecule has 0 aliphatic heterocycles. The lowest BCUT2D eigenvalue weighted by Gasteiger charge is -2.10. The van der Waals surface area contributed by atoms with E-state index in [1.165, 1.54) is 5.56 Å². The molecule has 0 radical (unpaired) electrons. The number of anilines is 1. The molecule has 0 fully saturated rings. The molecule has 2 aromatic heterocycles. The monoisotopic (exact) mass is 418 g/mol. The van der Waals surface area contributed by atoms with Crippen LogP contribution in [0.3, 0.4) is 0 Å². The van der Waals surface area contributed by atoms with E-state index in [1.807, 2.05) is 48.7 Å². The SMILES string of the molecule is COc1ccc(Cc2ccnc(CCCNc3ccnc4cc(Cl)ccc34)n2)cc1. The number of nitrogens with one attached hydrogen (secondary N) is 1. The molecule has 30 heavy (non-hydrogen) atoms. The number of methoxy groups -OCH3 is 1. The maximum atomic E-state index is 6.06. The molecule has 0 spiro atoms. The van der Waals surface area contributed by atoms with Crippen molar-refractivity contribution in [2.24, 2.45) is 0 Å². The zero-order chi connectivity index (χ0) is 20.8. The molecule has 1 N–H and O–H groups in total. The van der Waals surface area contributed by atoms with Crippen LogP contribution in [0.4, 0.5) is 5.69 Å². The van der Waals surface area contributed by atoms with Gasteiger partial charge in [-0.3, -0.25) is 4.98 Å². The molecule has 0 unspecified atom stereocenters. The van der Waals surface area contributed by atoms with Gasteiger partial charge in [-0.1, -0.05) is 23.7 Å². The smallest absolute Gasteiger partial charge is 0.128 e. The van der Waals surface area contributed by atoms with E-state index >= 15 is 0 Å². The summed E-state index contributed by atoms with van der Waals surface area (Å²) in [5.74, 6) is 1.73. The number of pyridine rings is 1. The fourth-order valence-corrected chi connectivity index (χ4v) is 3.52. The van der Waals surface area contributed by atoms with E-state index in [1.54, 1.807) is 13.3 Å². The van der Waals surface area contributed by atoms with Gasteiger partial charge >= 0.3 is 0 Å². The molecule has 0 atom stereocenters. The summed E-state index contributed by atoms with van der Waals surface area (Å²) in [7, 11) is 1.67. The zero-order valence-corrected chi connectivity index (χ0v) is 17.6. The van der Waals surface area contributed by atoms with Gasteiger partial charge in [0.1, 0.15) is 11.6 Å². The lowest BCUT2D eigenvalue weighted by atomic mass is 10.1. The second-order valence-corrected chi connectivity index (χ2v) is 7.48. The Bertz CT molecular complexity index is 1130. The molecule has 4 rings (SSSR count). The Balaban J connectivity index is 1.33. The van der Waals surface area contributed by atoms with Crippen molar-refractivity contribution in [3.63, 3.8) is 0 Å². The number of aromatic nitrogens is 3. The zero-order valence-electron chi connectivity index (χ0n) is 16.8. The van der Waals surface area contributed by atoms with Gasteiger partial charge in [-0.25, -0.2) is 9.97 Å². The lowest BCUT2D eigenvalue weighted by molar-refractivity contribution is 0.414. The van der Waals surface area contributed by atoms with Gasteiger partial charge in [0, 0.05) is 53.6 Å². The standard InChI is InChI=1S/C24H23ClN4O/c1-30-20-7-4-17(5-8-20)15-19-10-13-28-24(29-19)3-2-12-26-22-11-14-27-23-16-18(25)6-9-21(22)23/h4-11,13-14,16H,2-3,12,15H2,1H3,(H,26,27). The Labute approximate surface area is 181 Å². The molecular formula is C24H23ClN4O. The summed E-state index contributed by atoms with van der Waals surface area (Å²) < 4.78 is 5.21. The summed E-state index contributed by atoms with van der Waals surface area (Å²) in [5.41, 5.74) is 4.18. The van der Waals surface area contributed by atoms with E-state index in [4.69, 9.17) is 21.3 Å². The van der Waals surface area contributed by atoms with Crippen molar-refractivity contribution in [3.8, 4) is 5.75 Å². The van der Waals surface area contributed by atoms with Crippen molar-refractivity contribution in [2.45, 2.75) is 19.3 Å². The highest BCUT2D eigenvalue weighted by Crippen LogP contribution is 2.24. The molecule has 2 aromatic carbocycles. The topological polar surface area (TPSA) is 59.9 Å². The Morgan fingerprint density at radius 2 is 1.80 bits per heavy atom. The molecule has 2 heterocycles. The highest BCUT2D eigenvalue weighted by atomic mass is 35.5. The fraction of sp³-hybridized carbons (Fsp3) is 0.208. The maximum Gasteiger partial charge on any atom is 0.128 e. The molecular weight excluding hydrogens is 396 g/mol. The Morgan fingerprint density at radius 3 is 2.63 bits per heavy atom. The lowest BCUT2D eigenvalue weighted by Crippen LogP contribution is -2.06. The molecule has 6 heteroatoms. The summed E-state index contributed by atoms with van der Waals surface area (Å²) in [4.78, 5) is 13.5. The van der Waals surface area contributed by atoms with Crippen LogP contribution >= 0.6 is 11.6 Å². The van der Waals surface area contributed by atoms with E-state index < -0.39 is 0 Å². The van der Waals surface area contributed by atoms with Crippen LogP contribution in [0.2, 0.25) is 5.02 Å². The largest absolute Gasteiger partial charge is 0.497 e. The van der Waals surface area contributed by atoms with Gasteiger partial charge in [-0.15, -0.1) is 0 Å². The maximum absolute atomic E-state index is 6.06. The summed E-state index contributed by atoms with van der Waals surface area (Å²) >= 11 is 6.06. The number of hydrogen-bond donors (Lipinski definition) is 1. The van der Waals surface area contributed by atoms with E-state index in [0.717, 1.165) is 59.7 Å². The normalized spacial score (nSPS) is 10.9. The van der Waals surface area contributed by atoms with Crippen molar-refractivity contribution >= 4 is 28.2 Å². The van der Waals surface area contributed by atoms with Gasteiger partial charge in [0.05, 0.1) is 12.6 Å². The number of ether oxygens (including phenoxy) is 1. The molecule has 0 bridgehead atoms. The molecule has 152 valence electrons. The molecule has 0 saturated heterocycles. The molecule has 5 nitrogen and oxygen atoms in total. The van der Waals surface area contributed by atoms with Gasteiger partial charge in [0.25, 0.3) is 0 Å².